The maximum Gasteiger partial charge on any atom is 0.324 e. The van der Waals surface area contributed by atoms with Crippen LogP contribution >= 0.6 is 0 Å². The van der Waals surface area contributed by atoms with Gasteiger partial charge in [-0.15, -0.1) is 0 Å². The molecule has 2 aliphatic rings. The third kappa shape index (κ3) is 2.68. The highest BCUT2D eigenvalue weighted by Gasteiger charge is 2.55. The third-order valence-corrected chi connectivity index (χ3v) is 4.66. The summed E-state index contributed by atoms with van der Waals surface area (Å²) in [5.41, 5.74) is -0.00254. The number of hydrogen-bond acceptors (Lipinski definition) is 5. The number of carbonyl (C=O) groups excluding carboxylic acids is 2. The van der Waals surface area contributed by atoms with Gasteiger partial charge in [0.1, 0.15) is 5.75 Å². The van der Waals surface area contributed by atoms with E-state index in [9.17, 15) is 9.59 Å². The van der Waals surface area contributed by atoms with Gasteiger partial charge in [-0.3, -0.25) is 9.59 Å². The Morgan fingerprint density at radius 1 is 1.12 bits per heavy atom. The average molecular weight is 330 g/mol. The summed E-state index contributed by atoms with van der Waals surface area (Å²) in [6, 6.07) is 7.48. The fraction of sp³-hybridized carbons (Fsp3) is 0.474. The number of benzene rings is 1. The van der Waals surface area contributed by atoms with Gasteiger partial charge in [-0.25, -0.2) is 0 Å². The predicted molar refractivity (Wildman–Crippen MR) is 87.4 cm³/mol. The minimum absolute atomic E-state index is 0.547. The maximum absolute atomic E-state index is 12.7. The first-order valence-electron chi connectivity index (χ1n) is 8.16. The lowest BCUT2D eigenvalue weighted by Gasteiger charge is -2.43. The number of hydrogen-bond donors (Lipinski definition) is 0. The molecule has 5 heteroatoms. The summed E-state index contributed by atoms with van der Waals surface area (Å²) in [6.45, 7) is 3.12. The molecule has 1 unspecified atom stereocenters. The number of carbonyl (C=O) groups is 2. The molecule has 1 heterocycles. The molecule has 0 aromatic heterocycles. The topological polar surface area (TPSA) is 61.8 Å². The fourth-order valence-electron chi connectivity index (χ4n) is 3.68. The molecule has 0 saturated carbocycles. The molecule has 0 amide bonds. The molecule has 0 N–H and O–H groups in total. The van der Waals surface area contributed by atoms with Crippen LogP contribution in [-0.2, 0) is 24.5 Å². The van der Waals surface area contributed by atoms with Crippen LogP contribution in [-0.4, -0.2) is 24.8 Å². The van der Waals surface area contributed by atoms with Gasteiger partial charge < -0.3 is 14.2 Å². The molecule has 1 aromatic rings. The highest BCUT2D eigenvalue weighted by atomic mass is 16.7. The van der Waals surface area contributed by atoms with Gasteiger partial charge in [-0.05, 0) is 25.3 Å². The summed E-state index contributed by atoms with van der Waals surface area (Å²) < 4.78 is 16.2. The molecule has 24 heavy (non-hydrogen) atoms. The number of methoxy groups -OCH3 is 1. The van der Waals surface area contributed by atoms with Gasteiger partial charge in [0, 0.05) is 24.8 Å². The van der Waals surface area contributed by atoms with E-state index in [1.165, 1.54) is 0 Å². The first-order chi connectivity index (χ1) is 11.4. The zero-order valence-electron chi connectivity index (χ0n) is 14.2. The lowest BCUT2D eigenvalue weighted by Crippen LogP contribution is -2.54. The normalized spacial score (nSPS) is 26.6. The van der Waals surface area contributed by atoms with Crippen LogP contribution in [0.15, 0.2) is 36.4 Å². The highest BCUT2D eigenvalue weighted by Crippen LogP contribution is 2.48. The van der Waals surface area contributed by atoms with Crippen LogP contribution in [0.3, 0.4) is 0 Å². The minimum atomic E-state index is -1.23. The highest BCUT2D eigenvalue weighted by molar-refractivity contribution is 5.99. The van der Waals surface area contributed by atoms with Gasteiger partial charge in [0.25, 0.3) is 5.79 Å². The van der Waals surface area contributed by atoms with Crippen LogP contribution < -0.4 is 4.74 Å². The van der Waals surface area contributed by atoms with Crippen molar-refractivity contribution < 1.29 is 23.8 Å². The maximum atomic E-state index is 12.7. The number of para-hydroxylation sites is 1. The van der Waals surface area contributed by atoms with Crippen molar-refractivity contribution in [2.75, 3.05) is 7.11 Å². The molecule has 0 radical (unpaired) electrons. The van der Waals surface area contributed by atoms with E-state index in [0.29, 0.717) is 12.2 Å². The van der Waals surface area contributed by atoms with E-state index in [1.807, 2.05) is 36.4 Å². The molecular weight excluding hydrogens is 308 g/mol. The molecule has 3 rings (SSSR count). The Hall–Kier alpha value is -2.30. The molecule has 1 atom stereocenters. The molecule has 1 fully saturated rings. The van der Waals surface area contributed by atoms with Gasteiger partial charge in [0.05, 0.1) is 7.11 Å². The Morgan fingerprint density at radius 2 is 1.79 bits per heavy atom. The van der Waals surface area contributed by atoms with Crippen LogP contribution in [0, 0.1) is 5.92 Å². The third-order valence-electron chi connectivity index (χ3n) is 4.66. The summed E-state index contributed by atoms with van der Waals surface area (Å²) in [4.78, 5) is 25.4. The smallest absolute Gasteiger partial charge is 0.324 e. The molecule has 128 valence electrons. The van der Waals surface area contributed by atoms with E-state index in [1.54, 1.807) is 21.0 Å². The van der Waals surface area contributed by atoms with E-state index in [0.717, 1.165) is 18.4 Å². The van der Waals surface area contributed by atoms with E-state index in [-0.39, 0.29) is 0 Å². The zero-order valence-corrected chi connectivity index (χ0v) is 14.2. The standard InChI is InChI=1S/C19H22O5/c1-18(2)23-16(20)15(17(21)24-18)19(11-7-4-8-12-19)13-9-5-6-10-14(13)22-3/h5-7,9-11,15H,4,8,12H2,1-3H3. The zero-order chi connectivity index (χ0) is 17.4. The van der Waals surface area contributed by atoms with Crippen molar-refractivity contribution in [3.8, 4) is 5.75 Å². The van der Waals surface area contributed by atoms with E-state index in [2.05, 4.69) is 0 Å². The Labute approximate surface area is 141 Å². The Balaban J connectivity index is 2.14. The Bertz CT molecular complexity index is 671. The Kier molecular flexibility index (Phi) is 4.11. The summed E-state index contributed by atoms with van der Waals surface area (Å²) in [7, 11) is 1.58. The number of cyclic esters (lactones) is 2. The molecule has 0 bridgehead atoms. The largest absolute Gasteiger partial charge is 0.496 e. The second kappa shape index (κ2) is 5.96. The molecule has 1 saturated heterocycles. The molecule has 5 nitrogen and oxygen atoms in total. The van der Waals surface area contributed by atoms with Gasteiger partial charge in [0.15, 0.2) is 5.92 Å². The van der Waals surface area contributed by atoms with Crippen LogP contribution in [0.25, 0.3) is 0 Å². The van der Waals surface area contributed by atoms with Crippen LogP contribution in [0.4, 0.5) is 0 Å². The number of allylic oxidation sites excluding steroid dienone is 2. The minimum Gasteiger partial charge on any atom is -0.496 e. The molecule has 1 aliphatic carbocycles. The van der Waals surface area contributed by atoms with Crippen LogP contribution in [0.1, 0.15) is 38.7 Å². The number of esters is 2. The van der Waals surface area contributed by atoms with E-state index in [4.69, 9.17) is 14.2 Å². The van der Waals surface area contributed by atoms with Crippen LogP contribution in [0.5, 0.6) is 5.75 Å². The Morgan fingerprint density at radius 3 is 2.38 bits per heavy atom. The fourth-order valence-corrected chi connectivity index (χ4v) is 3.68. The van der Waals surface area contributed by atoms with Gasteiger partial charge in [-0.2, -0.15) is 0 Å². The quantitative estimate of drug-likeness (QED) is 0.484. The summed E-state index contributed by atoms with van der Waals surface area (Å²) >= 11 is 0. The monoisotopic (exact) mass is 330 g/mol. The SMILES string of the molecule is COc1ccccc1C1(C2C(=O)OC(C)(C)OC2=O)C=CCCC1. The molecule has 0 spiro atoms. The van der Waals surface area contributed by atoms with Gasteiger partial charge >= 0.3 is 11.9 Å². The summed E-state index contributed by atoms with van der Waals surface area (Å²) in [5, 5.41) is 0. The molecule has 1 aromatic carbocycles. The van der Waals surface area contributed by atoms with Crippen molar-refractivity contribution in [3.05, 3.63) is 42.0 Å². The van der Waals surface area contributed by atoms with Crippen molar-refractivity contribution >= 4 is 11.9 Å². The molecular formula is C19H22O5. The van der Waals surface area contributed by atoms with Crippen molar-refractivity contribution in [3.63, 3.8) is 0 Å². The second-order valence-corrected chi connectivity index (χ2v) is 6.71. The number of rotatable bonds is 3. The lowest BCUT2D eigenvalue weighted by molar-refractivity contribution is -0.243. The van der Waals surface area contributed by atoms with E-state index >= 15 is 0 Å². The summed E-state index contributed by atoms with van der Waals surface area (Å²) in [6.07, 6.45) is 6.39. The van der Waals surface area contributed by atoms with E-state index < -0.39 is 29.1 Å². The first-order valence-corrected chi connectivity index (χ1v) is 8.16. The second-order valence-electron chi connectivity index (χ2n) is 6.71. The summed E-state index contributed by atoms with van der Waals surface area (Å²) in [5.74, 6) is -2.71. The van der Waals surface area contributed by atoms with Crippen LogP contribution in [0.2, 0.25) is 0 Å². The average Bonchev–Trinajstić information content (AvgIpc) is 2.53. The van der Waals surface area contributed by atoms with Crippen molar-refractivity contribution in [1.82, 2.24) is 0 Å². The number of ether oxygens (including phenoxy) is 3. The van der Waals surface area contributed by atoms with Gasteiger partial charge in [-0.1, -0.05) is 30.4 Å². The van der Waals surface area contributed by atoms with Gasteiger partial charge in [0.2, 0.25) is 0 Å². The lowest BCUT2D eigenvalue weighted by atomic mass is 9.64. The van der Waals surface area contributed by atoms with Crippen molar-refractivity contribution in [2.45, 2.75) is 44.3 Å². The first kappa shape index (κ1) is 16.6. The van der Waals surface area contributed by atoms with Crippen molar-refractivity contribution in [1.29, 1.82) is 0 Å². The van der Waals surface area contributed by atoms with Crippen molar-refractivity contribution in [2.24, 2.45) is 5.92 Å². The predicted octanol–water partition coefficient (Wildman–Crippen LogP) is 3.13. The molecule has 1 aliphatic heterocycles.